The quantitative estimate of drug-likeness (QED) is 0.677. The third kappa shape index (κ3) is 3.17. The SMILES string of the molecule is Cn1ccnc1[C@H](O)C1CCN(C(=O)Nc2ccc3[nH]ccc3c2)CC1. The average molecular weight is 353 g/mol. The summed E-state index contributed by atoms with van der Waals surface area (Å²) in [4.78, 5) is 21.7. The number of amides is 2. The van der Waals surface area contributed by atoms with Crippen molar-refractivity contribution in [1.82, 2.24) is 19.4 Å². The standard InChI is InChI=1S/C19H23N5O2/c1-23-11-8-21-18(23)17(25)13-5-9-24(10-6-13)19(26)22-15-2-3-16-14(12-15)4-7-20-16/h2-4,7-8,11-13,17,20,25H,5-6,9-10H2,1H3,(H,22,26)/t17-/m1/s1. The summed E-state index contributed by atoms with van der Waals surface area (Å²) < 4.78 is 1.85. The van der Waals surface area contributed by atoms with Crippen LogP contribution in [0.3, 0.4) is 0 Å². The summed E-state index contributed by atoms with van der Waals surface area (Å²) in [5.74, 6) is 0.809. The molecule has 2 aromatic heterocycles. The minimum atomic E-state index is -0.587. The second-order valence-electron chi connectivity index (χ2n) is 6.88. The van der Waals surface area contributed by atoms with E-state index in [1.807, 2.05) is 53.2 Å². The lowest BCUT2D eigenvalue weighted by Gasteiger charge is -2.34. The number of piperidine rings is 1. The summed E-state index contributed by atoms with van der Waals surface area (Å²) in [5, 5.41) is 14.6. The molecule has 26 heavy (non-hydrogen) atoms. The number of aliphatic hydroxyl groups excluding tert-OH is 1. The van der Waals surface area contributed by atoms with Gasteiger partial charge < -0.3 is 24.9 Å². The van der Waals surface area contributed by atoms with Gasteiger partial charge in [-0.1, -0.05) is 0 Å². The van der Waals surface area contributed by atoms with Crippen LogP contribution in [0.2, 0.25) is 0 Å². The Balaban J connectivity index is 1.35. The van der Waals surface area contributed by atoms with Gasteiger partial charge in [0, 0.05) is 55.3 Å². The highest BCUT2D eigenvalue weighted by Gasteiger charge is 2.30. The number of aryl methyl sites for hydroxylation is 1. The van der Waals surface area contributed by atoms with Gasteiger partial charge in [0.15, 0.2) is 0 Å². The molecule has 0 bridgehead atoms. The number of aromatic nitrogens is 3. The van der Waals surface area contributed by atoms with Gasteiger partial charge in [0.25, 0.3) is 0 Å². The molecule has 1 atom stereocenters. The molecule has 1 fully saturated rings. The molecule has 4 rings (SSSR count). The van der Waals surface area contributed by atoms with Gasteiger partial charge >= 0.3 is 6.03 Å². The molecule has 1 aliphatic rings. The number of aliphatic hydroxyl groups is 1. The Labute approximate surface area is 151 Å². The zero-order chi connectivity index (χ0) is 18.1. The van der Waals surface area contributed by atoms with Gasteiger partial charge in [0.05, 0.1) is 0 Å². The van der Waals surface area contributed by atoms with Crippen LogP contribution in [0.1, 0.15) is 24.8 Å². The van der Waals surface area contributed by atoms with Crippen molar-refractivity contribution in [3.05, 3.63) is 48.7 Å². The molecule has 1 aliphatic heterocycles. The second-order valence-corrected chi connectivity index (χ2v) is 6.88. The van der Waals surface area contributed by atoms with Gasteiger partial charge in [-0.25, -0.2) is 9.78 Å². The normalized spacial score (nSPS) is 16.8. The average Bonchev–Trinajstić information content (AvgIpc) is 3.29. The Morgan fingerprint density at radius 2 is 2.15 bits per heavy atom. The topological polar surface area (TPSA) is 86.2 Å². The number of carbonyl (C=O) groups excluding carboxylic acids is 1. The fraction of sp³-hybridized carbons (Fsp3) is 0.368. The van der Waals surface area contributed by atoms with Crippen molar-refractivity contribution < 1.29 is 9.90 Å². The fourth-order valence-corrected chi connectivity index (χ4v) is 3.62. The number of nitrogens with one attached hydrogen (secondary N) is 2. The minimum Gasteiger partial charge on any atom is -0.385 e. The van der Waals surface area contributed by atoms with Gasteiger partial charge in [0.2, 0.25) is 0 Å². The molecular weight excluding hydrogens is 330 g/mol. The molecule has 0 aliphatic carbocycles. The van der Waals surface area contributed by atoms with E-state index < -0.39 is 6.10 Å². The number of anilines is 1. The number of urea groups is 1. The summed E-state index contributed by atoms with van der Waals surface area (Å²) in [6.45, 7) is 1.26. The molecule has 136 valence electrons. The van der Waals surface area contributed by atoms with E-state index in [1.54, 1.807) is 6.20 Å². The van der Waals surface area contributed by atoms with E-state index in [0.717, 1.165) is 29.4 Å². The largest absolute Gasteiger partial charge is 0.385 e. The van der Waals surface area contributed by atoms with E-state index in [4.69, 9.17) is 0 Å². The molecule has 0 radical (unpaired) electrons. The number of rotatable bonds is 3. The van der Waals surface area contributed by atoms with Crippen LogP contribution in [0.4, 0.5) is 10.5 Å². The van der Waals surface area contributed by atoms with Crippen LogP contribution in [0, 0.1) is 5.92 Å². The highest BCUT2D eigenvalue weighted by Crippen LogP contribution is 2.30. The van der Waals surface area contributed by atoms with Crippen molar-refractivity contribution in [2.24, 2.45) is 13.0 Å². The number of fused-ring (bicyclic) bond motifs is 1. The summed E-state index contributed by atoms with van der Waals surface area (Å²) in [6.07, 6.45) is 6.35. The molecule has 3 aromatic rings. The molecule has 2 amide bonds. The maximum Gasteiger partial charge on any atom is 0.321 e. The number of nitrogens with zero attached hydrogens (tertiary/aromatic N) is 3. The number of hydrogen-bond acceptors (Lipinski definition) is 3. The first kappa shape index (κ1) is 16.7. The monoisotopic (exact) mass is 353 g/mol. The Bertz CT molecular complexity index is 907. The molecule has 0 spiro atoms. The van der Waals surface area contributed by atoms with Crippen LogP contribution in [0.15, 0.2) is 42.9 Å². The molecule has 1 saturated heterocycles. The number of imidazole rings is 1. The van der Waals surface area contributed by atoms with Crippen molar-refractivity contribution in [1.29, 1.82) is 0 Å². The third-order valence-electron chi connectivity index (χ3n) is 5.20. The molecule has 0 saturated carbocycles. The number of hydrogen-bond donors (Lipinski definition) is 3. The number of aromatic amines is 1. The molecule has 7 heteroatoms. The first-order chi connectivity index (χ1) is 12.6. The van der Waals surface area contributed by atoms with Crippen molar-refractivity contribution in [3.8, 4) is 0 Å². The fourth-order valence-electron chi connectivity index (χ4n) is 3.62. The van der Waals surface area contributed by atoms with Crippen molar-refractivity contribution in [2.75, 3.05) is 18.4 Å². The van der Waals surface area contributed by atoms with Crippen LogP contribution in [0.25, 0.3) is 10.9 Å². The highest BCUT2D eigenvalue weighted by molar-refractivity contribution is 5.92. The third-order valence-corrected chi connectivity index (χ3v) is 5.20. The first-order valence-corrected chi connectivity index (χ1v) is 8.90. The lowest BCUT2D eigenvalue weighted by molar-refractivity contribution is 0.0600. The van der Waals surface area contributed by atoms with Gasteiger partial charge in [-0.05, 0) is 43.0 Å². The van der Waals surface area contributed by atoms with Crippen molar-refractivity contribution in [3.63, 3.8) is 0 Å². The van der Waals surface area contributed by atoms with Crippen molar-refractivity contribution in [2.45, 2.75) is 18.9 Å². The van der Waals surface area contributed by atoms with Crippen LogP contribution >= 0.6 is 0 Å². The molecule has 3 heterocycles. The minimum absolute atomic E-state index is 0.0928. The molecular formula is C19H23N5O2. The molecule has 0 unspecified atom stereocenters. The smallest absolute Gasteiger partial charge is 0.321 e. The Hall–Kier alpha value is -2.80. The number of likely N-dealkylation sites (tertiary alicyclic amines) is 1. The zero-order valence-corrected chi connectivity index (χ0v) is 14.7. The summed E-state index contributed by atoms with van der Waals surface area (Å²) in [5.41, 5.74) is 1.84. The van der Waals surface area contributed by atoms with Crippen molar-refractivity contribution >= 4 is 22.6 Å². The lowest BCUT2D eigenvalue weighted by Crippen LogP contribution is -2.42. The molecule has 3 N–H and O–H groups in total. The van der Waals surface area contributed by atoms with Crippen LogP contribution in [0.5, 0.6) is 0 Å². The van der Waals surface area contributed by atoms with Crippen LogP contribution < -0.4 is 5.32 Å². The lowest BCUT2D eigenvalue weighted by atomic mass is 9.91. The molecule has 1 aromatic carbocycles. The maximum absolute atomic E-state index is 12.5. The summed E-state index contributed by atoms with van der Waals surface area (Å²) in [6, 6.07) is 7.70. The summed E-state index contributed by atoms with van der Waals surface area (Å²) in [7, 11) is 1.88. The maximum atomic E-state index is 12.5. The zero-order valence-electron chi connectivity index (χ0n) is 14.7. The van der Waals surface area contributed by atoms with Crippen LogP contribution in [-0.4, -0.2) is 43.7 Å². The van der Waals surface area contributed by atoms with E-state index in [9.17, 15) is 9.90 Å². The number of benzene rings is 1. The Morgan fingerprint density at radius 3 is 2.88 bits per heavy atom. The van der Waals surface area contributed by atoms with Gasteiger partial charge in [0.1, 0.15) is 11.9 Å². The highest BCUT2D eigenvalue weighted by atomic mass is 16.3. The Kier molecular flexibility index (Phi) is 4.38. The van der Waals surface area contributed by atoms with E-state index in [-0.39, 0.29) is 11.9 Å². The second kappa shape index (κ2) is 6.84. The Morgan fingerprint density at radius 1 is 1.35 bits per heavy atom. The molecule has 7 nitrogen and oxygen atoms in total. The van der Waals surface area contributed by atoms with E-state index in [2.05, 4.69) is 15.3 Å². The number of carbonyl (C=O) groups is 1. The number of H-pyrrole nitrogens is 1. The predicted octanol–water partition coefficient (Wildman–Crippen LogP) is 2.88. The van der Waals surface area contributed by atoms with Gasteiger partial charge in [-0.15, -0.1) is 0 Å². The van der Waals surface area contributed by atoms with Gasteiger partial charge in [-0.3, -0.25) is 0 Å². The van der Waals surface area contributed by atoms with E-state index >= 15 is 0 Å². The van der Waals surface area contributed by atoms with Gasteiger partial charge in [-0.2, -0.15) is 0 Å². The predicted molar refractivity (Wildman–Crippen MR) is 99.8 cm³/mol. The van der Waals surface area contributed by atoms with E-state index in [1.165, 1.54) is 0 Å². The summed E-state index contributed by atoms with van der Waals surface area (Å²) >= 11 is 0. The first-order valence-electron chi connectivity index (χ1n) is 8.90. The van der Waals surface area contributed by atoms with E-state index in [0.29, 0.717) is 18.9 Å². The van der Waals surface area contributed by atoms with Crippen LogP contribution in [-0.2, 0) is 7.05 Å².